The molecule has 0 fully saturated rings. The van der Waals surface area contributed by atoms with Gasteiger partial charge in [0.05, 0.1) is 5.52 Å². The highest BCUT2D eigenvalue weighted by Crippen LogP contribution is 2.20. The molecule has 0 aliphatic rings. The number of methoxy groups -OCH3 is 1. The molecule has 0 spiro atoms. The fourth-order valence-corrected chi connectivity index (χ4v) is 2.13. The summed E-state index contributed by atoms with van der Waals surface area (Å²) in [5.74, 6) is 0. The number of anilines is 1. The van der Waals surface area contributed by atoms with Gasteiger partial charge in [0, 0.05) is 38.7 Å². The van der Waals surface area contributed by atoms with E-state index in [-0.39, 0.29) is 6.03 Å². The van der Waals surface area contributed by atoms with Crippen LogP contribution in [-0.4, -0.2) is 30.9 Å². The molecule has 0 aliphatic carbocycles. The zero-order valence-corrected chi connectivity index (χ0v) is 12.0. The van der Waals surface area contributed by atoms with E-state index in [4.69, 9.17) is 4.74 Å². The second-order valence-corrected chi connectivity index (χ2v) is 4.60. The molecule has 0 saturated carbocycles. The molecule has 2 amide bonds. The van der Waals surface area contributed by atoms with Gasteiger partial charge in [0.15, 0.2) is 0 Å². The Morgan fingerprint density at radius 3 is 2.95 bits per heavy atom. The Kier molecular flexibility index (Phi) is 5.01. The Bertz CT molecular complexity index is 578. The first-order valence-electron chi connectivity index (χ1n) is 6.87. The lowest BCUT2D eigenvalue weighted by Gasteiger charge is -2.08. The number of rotatable bonds is 6. The lowest BCUT2D eigenvalue weighted by molar-refractivity contribution is 0.194. The third-order valence-electron chi connectivity index (χ3n) is 3.18. The third kappa shape index (κ3) is 3.51. The van der Waals surface area contributed by atoms with Crippen LogP contribution in [0.25, 0.3) is 10.9 Å². The SMILES string of the molecule is CCn1ccc2ccc(NC(=O)NCCCOC)cc21. The standard InChI is InChI=1S/C15H21N3O2/c1-3-18-9-7-12-5-6-13(11-14(12)18)17-15(19)16-8-4-10-20-2/h5-7,9,11H,3-4,8,10H2,1-2H3,(H2,16,17,19). The highest BCUT2D eigenvalue weighted by atomic mass is 16.5. The van der Waals surface area contributed by atoms with E-state index in [1.165, 1.54) is 5.39 Å². The lowest BCUT2D eigenvalue weighted by Crippen LogP contribution is -2.30. The molecule has 0 bridgehead atoms. The molecule has 1 heterocycles. The van der Waals surface area contributed by atoms with Gasteiger partial charge < -0.3 is 19.9 Å². The van der Waals surface area contributed by atoms with E-state index < -0.39 is 0 Å². The van der Waals surface area contributed by atoms with Crippen LogP contribution in [-0.2, 0) is 11.3 Å². The van der Waals surface area contributed by atoms with E-state index in [0.717, 1.165) is 24.2 Å². The first-order chi connectivity index (χ1) is 9.74. The Morgan fingerprint density at radius 2 is 2.20 bits per heavy atom. The quantitative estimate of drug-likeness (QED) is 0.796. The molecule has 2 aromatic rings. The number of carbonyl (C=O) groups is 1. The topological polar surface area (TPSA) is 55.3 Å². The Labute approximate surface area is 118 Å². The van der Waals surface area contributed by atoms with Crippen molar-refractivity contribution in [1.29, 1.82) is 0 Å². The largest absolute Gasteiger partial charge is 0.385 e. The molecule has 0 saturated heterocycles. The number of amides is 2. The van der Waals surface area contributed by atoms with Crippen molar-refractivity contribution >= 4 is 22.6 Å². The number of aryl methyl sites for hydroxylation is 1. The molecule has 5 heteroatoms. The van der Waals surface area contributed by atoms with Gasteiger partial charge in [-0.1, -0.05) is 6.07 Å². The van der Waals surface area contributed by atoms with Crippen molar-refractivity contribution in [1.82, 2.24) is 9.88 Å². The van der Waals surface area contributed by atoms with E-state index in [9.17, 15) is 4.79 Å². The summed E-state index contributed by atoms with van der Waals surface area (Å²) in [6, 6.07) is 7.81. The number of nitrogens with zero attached hydrogens (tertiary/aromatic N) is 1. The van der Waals surface area contributed by atoms with Gasteiger partial charge in [-0.3, -0.25) is 0 Å². The Hall–Kier alpha value is -2.01. The van der Waals surface area contributed by atoms with Gasteiger partial charge >= 0.3 is 6.03 Å². The molecule has 1 aromatic carbocycles. The van der Waals surface area contributed by atoms with Crippen LogP contribution in [0.5, 0.6) is 0 Å². The molecule has 0 radical (unpaired) electrons. The van der Waals surface area contributed by atoms with Crippen LogP contribution < -0.4 is 10.6 Å². The van der Waals surface area contributed by atoms with E-state index in [1.54, 1.807) is 7.11 Å². The summed E-state index contributed by atoms with van der Waals surface area (Å²) in [4.78, 5) is 11.7. The number of carbonyl (C=O) groups excluding carboxylic acids is 1. The van der Waals surface area contributed by atoms with E-state index in [0.29, 0.717) is 13.2 Å². The summed E-state index contributed by atoms with van der Waals surface area (Å²) in [5.41, 5.74) is 1.93. The normalized spacial score (nSPS) is 10.7. The number of hydrogen-bond acceptors (Lipinski definition) is 2. The van der Waals surface area contributed by atoms with Crippen molar-refractivity contribution in [2.45, 2.75) is 19.9 Å². The first-order valence-corrected chi connectivity index (χ1v) is 6.87. The lowest BCUT2D eigenvalue weighted by atomic mass is 10.2. The van der Waals surface area contributed by atoms with Crippen molar-refractivity contribution in [2.75, 3.05) is 25.6 Å². The summed E-state index contributed by atoms with van der Waals surface area (Å²) in [6.45, 7) is 4.27. The van der Waals surface area contributed by atoms with Crippen molar-refractivity contribution in [3.63, 3.8) is 0 Å². The molecule has 0 atom stereocenters. The number of fused-ring (bicyclic) bond motifs is 1. The average Bonchev–Trinajstić information content (AvgIpc) is 2.86. The number of ether oxygens (including phenoxy) is 1. The van der Waals surface area contributed by atoms with Gasteiger partial charge in [-0.2, -0.15) is 0 Å². The maximum atomic E-state index is 11.7. The van der Waals surface area contributed by atoms with Crippen molar-refractivity contribution in [3.05, 3.63) is 30.5 Å². The summed E-state index contributed by atoms with van der Waals surface area (Å²) >= 11 is 0. The monoisotopic (exact) mass is 275 g/mol. The van der Waals surface area contributed by atoms with Gasteiger partial charge in [-0.05, 0) is 36.9 Å². The van der Waals surface area contributed by atoms with Gasteiger partial charge in [-0.25, -0.2) is 4.79 Å². The van der Waals surface area contributed by atoms with Gasteiger partial charge in [0.25, 0.3) is 0 Å². The minimum atomic E-state index is -0.185. The molecule has 0 unspecified atom stereocenters. The van der Waals surface area contributed by atoms with Crippen molar-refractivity contribution < 1.29 is 9.53 Å². The maximum Gasteiger partial charge on any atom is 0.319 e. The van der Waals surface area contributed by atoms with Crippen LogP contribution in [0.15, 0.2) is 30.5 Å². The average molecular weight is 275 g/mol. The maximum absolute atomic E-state index is 11.7. The van der Waals surface area contributed by atoms with Crippen LogP contribution in [0.1, 0.15) is 13.3 Å². The van der Waals surface area contributed by atoms with Crippen LogP contribution in [0.2, 0.25) is 0 Å². The molecular weight excluding hydrogens is 254 g/mol. The fourth-order valence-electron chi connectivity index (χ4n) is 2.13. The molecule has 20 heavy (non-hydrogen) atoms. The highest BCUT2D eigenvalue weighted by Gasteiger charge is 2.04. The molecule has 2 rings (SSSR count). The molecule has 1 aromatic heterocycles. The van der Waals surface area contributed by atoms with Crippen LogP contribution in [0, 0.1) is 0 Å². The van der Waals surface area contributed by atoms with Gasteiger partial charge in [0.2, 0.25) is 0 Å². The zero-order chi connectivity index (χ0) is 14.4. The predicted molar refractivity (Wildman–Crippen MR) is 81.1 cm³/mol. The predicted octanol–water partition coefficient (Wildman–Crippen LogP) is 2.82. The van der Waals surface area contributed by atoms with Crippen molar-refractivity contribution in [3.8, 4) is 0 Å². The Morgan fingerprint density at radius 1 is 1.35 bits per heavy atom. The summed E-state index contributed by atoms with van der Waals surface area (Å²) in [7, 11) is 1.65. The molecule has 0 aliphatic heterocycles. The number of urea groups is 1. The second-order valence-electron chi connectivity index (χ2n) is 4.60. The third-order valence-corrected chi connectivity index (χ3v) is 3.18. The fraction of sp³-hybridized carbons (Fsp3) is 0.400. The number of benzene rings is 1. The van der Waals surface area contributed by atoms with Gasteiger partial charge in [-0.15, -0.1) is 0 Å². The van der Waals surface area contributed by atoms with E-state index >= 15 is 0 Å². The first kappa shape index (κ1) is 14.4. The summed E-state index contributed by atoms with van der Waals surface area (Å²) in [5, 5.41) is 6.83. The Balaban J connectivity index is 1.97. The minimum absolute atomic E-state index is 0.185. The highest BCUT2D eigenvalue weighted by molar-refractivity contribution is 5.92. The smallest absolute Gasteiger partial charge is 0.319 e. The van der Waals surface area contributed by atoms with Crippen LogP contribution >= 0.6 is 0 Å². The van der Waals surface area contributed by atoms with Crippen LogP contribution in [0.4, 0.5) is 10.5 Å². The zero-order valence-electron chi connectivity index (χ0n) is 12.0. The molecule has 2 N–H and O–H groups in total. The molecule has 108 valence electrons. The molecule has 5 nitrogen and oxygen atoms in total. The van der Waals surface area contributed by atoms with Crippen molar-refractivity contribution in [2.24, 2.45) is 0 Å². The second kappa shape index (κ2) is 6.96. The number of nitrogens with one attached hydrogen (secondary N) is 2. The van der Waals surface area contributed by atoms with Crippen LogP contribution in [0.3, 0.4) is 0 Å². The summed E-state index contributed by atoms with van der Waals surface area (Å²) < 4.78 is 7.08. The summed E-state index contributed by atoms with van der Waals surface area (Å²) in [6.07, 6.45) is 2.86. The van der Waals surface area contributed by atoms with E-state index in [1.807, 2.05) is 18.2 Å². The van der Waals surface area contributed by atoms with Gasteiger partial charge in [0.1, 0.15) is 0 Å². The minimum Gasteiger partial charge on any atom is -0.385 e. The number of aromatic nitrogens is 1. The molecular formula is C15H21N3O2. The number of hydrogen-bond donors (Lipinski definition) is 2. The van der Waals surface area contributed by atoms with E-state index in [2.05, 4.69) is 34.4 Å².